The molecule has 0 radical (unpaired) electrons. The van der Waals surface area contributed by atoms with E-state index in [9.17, 15) is 4.79 Å². The molecule has 0 aromatic heterocycles. The molecule has 0 aliphatic carbocycles. The highest BCUT2D eigenvalue weighted by molar-refractivity contribution is 6.34. The molecule has 24 heavy (non-hydrogen) atoms. The highest BCUT2D eigenvalue weighted by Gasteiger charge is 2.26. The number of nitrogens with zero attached hydrogens (tertiary/aromatic N) is 1. The minimum Gasteiger partial charge on any atom is -0.454 e. The number of carbonyl (C=O) groups excluding carboxylic acids is 1. The van der Waals surface area contributed by atoms with Gasteiger partial charge in [-0.3, -0.25) is 0 Å². The number of rotatable bonds is 2. The number of hydrogen-bond acceptors (Lipinski definition) is 5. The summed E-state index contributed by atoms with van der Waals surface area (Å²) in [4.78, 5) is 16.3. The summed E-state index contributed by atoms with van der Waals surface area (Å²) in [5.41, 5.74) is 1.36. The molecule has 2 aromatic rings. The van der Waals surface area contributed by atoms with Gasteiger partial charge in [0.25, 0.3) is 0 Å². The van der Waals surface area contributed by atoms with Crippen molar-refractivity contribution in [1.82, 2.24) is 0 Å². The summed E-state index contributed by atoms with van der Waals surface area (Å²) in [5.74, 6) is 0.631. The van der Waals surface area contributed by atoms with Crippen LogP contribution in [0.25, 0.3) is 6.08 Å². The standard InChI is InChI=1S/C17H9Cl2NO4/c18-11-4-2-1-3-10(11)16-20-13(17(21)24-16)6-9-5-12(19)15-14(7-9)22-8-23-15/h1-7H,8H2/b13-6-. The maximum absolute atomic E-state index is 12.1. The maximum Gasteiger partial charge on any atom is 0.363 e. The molecule has 120 valence electrons. The van der Waals surface area contributed by atoms with Crippen molar-refractivity contribution in [1.29, 1.82) is 0 Å². The third-order valence-electron chi connectivity index (χ3n) is 3.48. The number of benzene rings is 2. The molecule has 4 rings (SSSR count). The molecule has 0 fully saturated rings. The van der Waals surface area contributed by atoms with Crippen molar-refractivity contribution in [2.24, 2.45) is 4.99 Å². The average molecular weight is 362 g/mol. The van der Waals surface area contributed by atoms with E-state index in [-0.39, 0.29) is 18.4 Å². The molecular weight excluding hydrogens is 353 g/mol. The van der Waals surface area contributed by atoms with Gasteiger partial charge < -0.3 is 14.2 Å². The van der Waals surface area contributed by atoms with E-state index in [1.54, 1.807) is 42.5 Å². The van der Waals surface area contributed by atoms with Crippen LogP contribution in [0.5, 0.6) is 11.5 Å². The number of aliphatic imine (C=N–C) groups is 1. The van der Waals surface area contributed by atoms with Crippen LogP contribution in [-0.4, -0.2) is 18.7 Å². The molecule has 7 heteroatoms. The van der Waals surface area contributed by atoms with E-state index in [4.69, 9.17) is 37.4 Å². The lowest BCUT2D eigenvalue weighted by Gasteiger charge is -2.01. The van der Waals surface area contributed by atoms with E-state index < -0.39 is 5.97 Å². The number of halogens is 2. The Morgan fingerprint density at radius 3 is 2.75 bits per heavy atom. The Balaban J connectivity index is 1.72. The van der Waals surface area contributed by atoms with E-state index in [0.29, 0.717) is 32.7 Å². The third kappa shape index (κ3) is 2.62. The molecule has 2 aliphatic rings. The zero-order chi connectivity index (χ0) is 16.7. The van der Waals surface area contributed by atoms with Crippen LogP contribution in [0.4, 0.5) is 0 Å². The summed E-state index contributed by atoms with van der Waals surface area (Å²) in [6, 6.07) is 10.4. The molecule has 2 aliphatic heterocycles. The van der Waals surface area contributed by atoms with Crippen LogP contribution in [0.1, 0.15) is 11.1 Å². The molecule has 0 atom stereocenters. The number of carbonyl (C=O) groups is 1. The first-order valence-electron chi connectivity index (χ1n) is 6.98. The summed E-state index contributed by atoms with van der Waals surface area (Å²) >= 11 is 12.2. The van der Waals surface area contributed by atoms with Crippen LogP contribution >= 0.6 is 23.2 Å². The van der Waals surface area contributed by atoms with Crippen molar-refractivity contribution in [3.8, 4) is 11.5 Å². The fourth-order valence-electron chi connectivity index (χ4n) is 2.39. The van der Waals surface area contributed by atoms with Gasteiger partial charge in [0.1, 0.15) is 0 Å². The van der Waals surface area contributed by atoms with Gasteiger partial charge in [-0.1, -0.05) is 35.3 Å². The maximum atomic E-state index is 12.1. The number of ether oxygens (including phenoxy) is 3. The van der Waals surface area contributed by atoms with Crippen molar-refractivity contribution in [2.75, 3.05) is 6.79 Å². The Morgan fingerprint density at radius 1 is 1.08 bits per heavy atom. The van der Waals surface area contributed by atoms with E-state index in [2.05, 4.69) is 4.99 Å². The fraction of sp³-hybridized carbons (Fsp3) is 0.0588. The van der Waals surface area contributed by atoms with Crippen LogP contribution in [0, 0.1) is 0 Å². The monoisotopic (exact) mass is 361 g/mol. The van der Waals surface area contributed by atoms with Crippen molar-refractivity contribution in [3.05, 3.63) is 63.3 Å². The van der Waals surface area contributed by atoms with Gasteiger partial charge in [0, 0.05) is 0 Å². The average Bonchev–Trinajstić information content (AvgIpc) is 3.15. The molecular formula is C17H9Cl2NO4. The highest BCUT2D eigenvalue weighted by Crippen LogP contribution is 2.40. The van der Waals surface area contributed by atoms with Gasteiger partial charge >= 0.3 is 5.97 Å². The SMILES string of the molecule is O=C1OC(c2ccccc2Cl)=N/C1=C\c1cc(Cl)c2c(c1)OCO2. The van der Waals surface area contributed by atoms with Gasteiger partial charge in [-0.25, -0.2) is 9.79 Å². The van der Waals surface area contributed by atoms with Crippen molar-refractivity contribution >= 4 is 41.1 Å². The first kappa shape index (κ1) is 15.1. The Labute approximate surface area is 147 Å². The predicted molar refractivity (Wildman–Crippen MR) is 89.6 cm³/mol. The van der Waals surface area contributed by atoms with Gasteiger partial charge in [-0.2, -0.15) is 0 Å². The van der Waals surface area contributed by atoms with Gasteiger partial charge in [0.05, 0.1) is 15.6 Å². The van der Waals surface area contributed by atoms with Gasteiger partial charge in [0.15, 0.2) is 17.2 Å². The van der Waals surface area contributed by atoms with Gasteiger partial charge in [-0.05, 0) is 35.9 Å². The lowest BCUT2D eigenvalue weighted by Crippen LogP contribution is -2.05. The first-order chi connectivity index (χ1) is 11.6. The summed E-state index contributed by atoms with van der Waals surface area (Å²) in [5, 5.41) is 0.856. The van der Waals surface area contributed by atoms with E-state index in [1.807, 2.05) is 0 Å². The second-order valence-electron chi connectivity index (χ2n) is 5.05. The number of fused-ring (bicyclic) bond motifs is 1. The molecule has 0 amide bonds. The molecule has 0 saturated carbocycles. The zero-order valence-electron chi connectivity index (χ0n) is 12.1. The molecule has 2 heterocycles. The largest absolute Gasteiger partial charge is 0.454 e. The number of esters is 1. The summed E-state index contributed by atoms with van der Waals surface area (Å²) in [6.07, 6.45) is 1.57. The van der Waals surface area contributed by atoms with Gasteiger partial charge in [0.2, 0.25) is 12.7 Å². The third-order valence-corrected chi connectivity index (χ3v) is 4.09. The van der Waals surface area contributed by atoms with Crippen molar-refractivity contribution in [2.45, 2.75) is 0 Å². The molecule has 0 bridgehead atoms. The number of cyclic esters (lactones) is 1. The Hall–Kier alpha value is -2.50. The minimum absolute atomic E-state index is 0.117. The van der Waals surface area contributed by atoms with Crippen LogP contribution < -0.4 is 9.47 Å². The van der Waals surface area contributed by atoms with Crippen LogP contribution in [-0.2, 0) is 9.53 Å². The molecule has 0 saturated heterocycles. The van der Waals surface area contributed by atoms with E-state index in [0.717, 1.165) is 0 Å². The fourth-order valence-corrected chi connectivity index (χ4v) is 2.88. The second kappa shape index (κ2) is 5.85. The lowest BCUT2D eigenvalue weighted by atomic mass is 10.1. The van der Waals surface area contributed by atoms with Gasteiger partial charge in [-0.15, -0.1) is 0 Å². The summed E-state index contributed by atoms with van der Waals surface area (Å²) < 4.78 is 15.8. The Kier molecular flexibility index (Phi) is 3.67. The Morgan fingerprint density at radius 2 is 1.92 bits per heavy atom. The second-order valence-corrected chi connectivity index (χ2v) is 5.87. The summed E-state index contributed by atoms with van der Waals surface area (Å²) in [7, 11) is 0. The normalized spacial score (nSPS) is 17.2. The smallest absolute Gasteiger partial charge is 0.363 e. The molecule has 0 N–H and O–H groups in total. The summed E-state index contributed by atoms with van der Waals surface area (Å²) in [6.45, 7) is 0.117. The van der Waals surface area contributed by atoms with Crippen molar-refractivity contribution < 1.29 is 19.0 Å². The zero-order valence-corrected chi connectivity index (χ0v) is 13.6. The quantitative estimate of drug-likeness (QED) is 0.597. The minimum atomic E-state index is -0.557. The van der Waals surface area contributed by atoms with E-state index in [1.165, 1.54) is 0 Å². The predicted octanol–water partition coefficient (Wildman–Crippen LogP) is 4.07. The van der Waals surface area contributed by atoms with Crippen LogP contribution in [0.15, 0.2) is 47.1 Å². The topological polar surface area (TPSA) is 57.1 Å². The lowest BCUT2D eigenvalue weighted by molar-refractivity contribution is -0.129. The first-order valence-corrected chi connectivity index (χ1v) is 7.74. The number of hydrogen-bond donors (Lipinski definition) is 0. The molecule has 5 nitrogen and oxygen atoms in total. The molecule has 0 unspecified atom stereocenters. The van der Waals surface area contributed by atoms with E-state index >= 15 is 0 Å². The Bertz CT molecular complexity index is 921. The highest BCUT2D eigenvalue weighted by atomic mass is 35.5. The van der Waals surface area contributed by atoms with Crippen LogP contribution in [0.3, 0.4) is 0 Å². The van der Waals surface area contributed by atoms with Crippen LogP contribution in [0.2, 0.25) is 10.0 Å². The molecule has 0 spiro atoms. The van der Waals surface area contributed by atoms with Crippen molar-refractivity contribution in [3.63, 3.8) is 0 Å². The molecule has 2 aromatic carbocycles.